The van der Waals surface area contributed by atoms with E-state index in [0.717, 1.165) is 0 Å². The summed E-state index contributed by atoms with van der Waals surface area (Å²) in [4.78, 5) is 24.0. The van der Waals surface area contributed by atoms with Crippen LogP contribution in [0.1, 0.15) is 58.8 Å². The maximum absolute atomic E-state index is 12.9. The fourth-order valence-electron chi connectivity index (χ4n) is 4.86. The third-order valence-corrected chi connectivity index (χ3v) is 7.03. The number of carboxylic acids is 2. The van der Waals surface area contributed by atoms with Gasteiger partial charge >= 0.3 is 11.9 Å². The van der Waals surface area contributed by atoms with Crippen molar-refractivity contribution in [2.45, 2.75) is 71.4 Å². The molecule has 0 aliphatic carbocycles. The highest BCUT2D eigenvalue weighted by Crippen LogP contribution is 2.50. The number of rotatable bonds is 13. The molecule has 182 valence electrons. The Hall–Kier alpha value is -1.74. The Morgan fingerprint density at radius 2 is 1.31 bits per heavy atom. The van der Waals surface area contributed by atoms with Crippen LogP contribution in [0.15, 0.2) is 25.3 Å². The summed E-state index contributed by atoms with van der Waals surface area (Å²) < 4.78 is 23.1. The minimum Gasteiger partial charge on any atom is -0.481 e. The Labute approximate surface area is 190 Å². The molecule has 0 unspecified atom stereocenters. The van der Waals surface area contributed by atoms with E-state index in [9.17, 15) is 14.7 Å². The molecule has 2 aliphatic heterocycles. The Kier molecular flexibility index (Phi) is 9.45. The van der Waals surface area contributed by atoms with E-state index in [0.29, 0.717) is 52.1 Å². The lowest BCUT2D eigenvalue weighted by molar-refractivity contribution is -0.230. The van der Waals surface area contributed by atoms with Crippen LogP contribution in [0.25, 0.3) is 0 Å². The van der Waals surface area contributed by atoms with Gasteiger partial charge in [0.05, 0.1) is 31.8 Å². The maximum Gasteiger partial charge on any atom is 0.309 e. The van der Waals surface area contributed by atoms with Crippen molar-refractivity contribution in [2.75, 3.05) is 26.4 Å². The van der Waals surface area contributed by atoms with E-state index in [2.05, 4.69) is 13.2 Å². The van der Waals surface area contributed by atoms with Crippen LogP contribution >= 0.6 is 0 Å². The molecular weight excluding hydrogens is 416 g/mol. The van der Waals surface area contributed by atoms with Gasteiger partial charge in [-0.15, -0.1) is 0 Å². The van der Waals surface area contributed by atoms with Crippen LogP contribution in [-0.4, -0.2) is 61.2 Å². The number of hydrogen-bond acceptors (Lipinski definition) is 6. The molecule has 2 aliphatic rings. The number of aliphatic carboxylic acids is 2. The molecule has 32 heavy (non-hydrogen) atoms. The second-order valence-electron chi connectivity index (χ2n) is 9.35. The summed E-state index contributed by atoms with van der Waals surface area (Å²) in [6.07, 6.45) is 4.59. The molecule has 0 aromatic carbocycles. The van der Waals surface area contributed by atoms with Gasteiger partial charge in [0.15, 0.2) is 12.6 Å². The smallest absolute Gasteiger partial charge is 0.309 e. The van der Waals surface area contributed by atoms with Crippen molar-refractivity contribution < 1.29 is 38.7 Å². The zero-order valence-electron chi connectivity index (χ0n) is 19.3. The molecule has 2 N–H and O–H groups in total. The summed E-state index contributed by atoms with van der Waals surface area (Å²) >= 11 is 0. The quantitative estimate of drug-likeness (QED) is 0.402. The molecule has 0 aromatic rings. The molecule has 0 saturated carbocycles. The lowest BCUT2D eigenvalue weighted by Crippen LogP contribution is -2.51. The van der Waals surface area contributed by atoms with Gasteiger partial charge in [0.1, 0.15) is 0 Å². The highest BCUT2D eigenvalue weighted by atomic mass is 16.7. The Balaban J connectivity index is 2.34. The summed E-state index contributed by atoms with van der Waals surface area (Å²) in [5.41, 5.74) is -2.14. The highest BCUT2D eigenvalue weighted by Gasteiger charge is 2.52. The summed E-state index contributed by atoms with van der Waals surface area (Å²) in [7, 11) is 0. The maximum atomic E-state index is 12.9. The van der Waals surface area contributed by atoms with Crippen molar-refractivity contribution in [3.63, 3.8) is 0 Å². The first-order chi connectivity index (χ1) is 15.2. The lowest BCUT2D eigenvalue weighted by Gasteiger charge is -2.48. The van der Waals surface area contributed by atoms with E-state index < -0.39 is 40.8 Å². The summed E-state index contributed by atoms with van der Waals surface area (Å²) in [6.45, 7) is 12.8. The first-order valence-corrected chi connectivity index (χ1v) is 11.3. The zero-order valence-corrected chi connectivity index (χ0v) is 19.3. The predicted octanol–water partition coefficient (Wildman–Crippen LogP) is 4.00. The van der Waals surface area contributed by atoms with E-state index in [1.165, 1.54) is 0 Å². The highest BCUT2D eigenvalue weighted by molar-refractivity contribution is 5.75. The third-order valence-electron chi connectivity index (χ3n) is 7.03. The molecule has 2 fully saturated rings. The van der Waals surface area contributed by atoms with Crippen molar-refractivity contribution in [2.24, 2.45) is 16.2 Å². The minimum atomic E-state index is -1.16. The average molecular weight is 455 g/mol. The second-order valence-corrected chi connectivity index (χ2v) is 9.35. The van der Waals surface area contributed by atoms with Gasteiger partial charge < -0.3 is 29.2 Å². The van der Waals surface area contributed by atoms with Gasteiger partial charge in [-0.2, -0.15) is 0 Å². The lowest BCUT2D eigenvalue weighted by atomic mass is 9.61. The zero-order chi connectivity index (χ0) is 23.8. The average Bonchev–Trinajstić information content (AvgIpc) is 2.79. The van der Waals surface area contributed by atoms with Crippen LogP contribution in [0.3, 0.4) is 0 Å². The first kappa shape index (κ1) is 26.5. The normalized spacial score (nSPS) is 32.6. The predicted molar refractivity (Wildman–Crippen MR) is 118 cm³/mol. The van der Waals surface area contributed by atoms with Crippen LogP contribution in [0, 0.1) is 16.2 Å². The molecule has 0 bridgehead atoms. The number of hydrogen-bond donors (Lipinski definition) is 2. The van der Waals surface area contributed by atoms with E-state index in [-0.39, 0.29) is 19.3 Å². The molecule has 8 heteroatoms. The van der Waals surface area contributed by atoms with Gasteiger partial charge in [0.25, 0.3) is 0 Å². The van der Waals surface area contributed by atoms with E-state index in [1.807, 2.05) is 13.8 Å². The van der Waals surface area contributed by atoms with Crippen molar-refractivity contribution >= 4 is 11.9 Å². The van der Waals surface area contributed by atoms with Crippen LogP contribution in [-0.2, 0) is 28.5 Å². The SMILES string of the molecule is C=CC1OCC(CC)(CC(CCCC(=O)O)(CC2(CC)COC(C=C)OC2)C(=O)O)CO1. The number of ether oxygens (including phenoxy) is 4. The van der Waals surface area contributed by atoms with Gasteiger partial charge in [-0.25, -0.2) is 0 Å². The Morgan fingerprint density at radius 1 is 0.906 bits per heavy atom. The van der Waals surface area contributed by atoms with Gasteiger partial charge in [-0.3, -0.25) is 9.59 Å². The van der Waals surface area contributed by atoms with E-state index in [4.69, 9.17) is 24.1 Å². The first-order valence-electron chi connectivity index (χ1n) is 11.3. The van der Waals surface area contributed by atoms with Crippen LogP contribution in [0.5, 0.6) is 0 Å². The minimum absolute atomic E-state index is 0.0790. The summed E-state index contributed by atoms with van der Waals surface area (Å²) in [5.74, 6) is -1.86. The fourth-order valence-corrected chi connectivity index (χ4v) is 4.86. The monoisotopic (exact) mass is 454 g/mol. The van der Waals surface area contributed by atoms with Crippen LogP contribution in [0.2, 0.25) is 0 Å². The largest absolute Gasteiger partial charge is 0.481 e. The van der Waals surface area contributed by atoms with Gasteiger partial charge in [0.2, 0.25) is 0 Å². The molecule has 2 heterocycles. The second kappa shape index (κ2) is 11.4. The standard InChI is InChI=1S/C24H38O8/c1-5-19-29-14-22(7-3,15-30-19)12-24(21(27)28,11-9-10-18(25)26)13-23(8-4)16-31-20(6-2)32-17-23/h5-6,19-20H,1-2,7-17H2,3-4H3,(H,25,26)(H,27,28). The van der Waals surface area contributed by atoms with Crippen molar-refractivity contribution in [3.8, 4) is 0 Å². The van der Waals surface area contributed by atoms with Gasteiger partial charge in [-0.1, -0.05) is 27.0 Å². The molecule has 2 saturated heterocycles. The summed E-state index contributed by atoms with van der Waals surface area (Å²) in [5, 5.41) is 19.7. The van der Waals surface area contributed by atoms with Crippen LogP contribution < -0.4 is 0 Å². The van der Waals surface area contributed by atoms with Crippen LogP contribution in [0.4, 0.5) is 0 Å². The molecule has 0 atom stereocenters. The van der Waals surface area contributed by atoms with Crippen molar-refractivity contribution in [3.05, 3.63) is 25.3 Å². The molecule has 0 amide bonds. The Morgan fingerprint density at radius 3 is 1.59 bits per heavy atom. The fraction of sp³-hybridized carbons (Fsp3) is 0.750. The molecule has 0 aromatic heterocycles. The van der Waals surface area contributed by atoms with E-state index in [1.54, 1.807) is 12.2 Å². The Bertz CT molecular complexity index is 619. The van der Waals surface area contributed by atoms with Gasteiger partial charge in [-0.05, 0) is 50.7 Å². The molecular formula is C24H38O8. The van der Waals surface area contributed by atoms with Crippen molar-refractivity contribution in [1.29, 1.82) is 0 Å². The topological polar surface area (TPSA) is 112 Å². The molecule has 0 radical (unpaired) electrons. The summed E-state index contributed by atoms with van der Waals surface area (Å²) in [6, 6.07) is 0. The molecule has 8 nitrogen and oxygen atoms in total. The van der Waals surface area contributed by atoms with Crippen molar-refractivity contribution in [1.82, 2.24) is 0 Å². The third kappa shape index (κ3) is 6.41. The number of carboxylic acid groups (broad SMARTS) is 2. The van der Waals surface area contributed by atoms with E-state index >= 15 is 0 Å². The number of carbonyl (C=O) groups is 2. The molecule has 2 rings (SSSR count). The molecule has 0 spiro atoms. The van der Waals surface area contributed by atoms with Gasteiger partial charge in [0, 0.05) is 17.3 Å².